The summed E-state index contributed by atoms with van der Waals surface area (Å²) >= 11 is 0. The van der Waals surface area contributed by atoms with Crippen molar-refractivity contribution in [3.63, 3.8) is 0 Å². The molecule has 2 N–H and O–H groups in total. The van der Waals surface area contributed by atoms with Crippen molar-refractivity contribution >= 4 is 28.3 Å². The summed E-state index contributed by atoms with van der Waals surface area (Å²) in [5, 5.41) is 2.80. The molecule has 0 bridgehead atoms. The van der Waals surface area contributed by atoms with Gasteiger partial charge in [0.1, 0.15) is 11.1 Å². The molecule has 0 spiro atoms. The number of fused-ring (bicyclic) bond motifs is 1. The van der Waals surface area contributed by atoms with Gasteiger partial charge in [0, 0.05) is 55.7 Å². The first-order valence-electron chi connectivity index (χ1n) is 11.0. The second-order valence-corrected chi connectivity index (χ2v) is 8.04. The van der Waals surface area contributed by atoms with Crippen molar-refractivity contribution in [3.05, 3.63) is 98.8 Å². The van der Waals surface area contributed by atoms with E-state index in [-0.39, 0.29) is 11.1 Å². The molecule has 9 heteroatoms. The summed E-state index contributed by atoms with van der Waals surface area (Å²) in [7, 11) is 0. The highest BCUT2D eigenvalue weighted by atomic mass is 16.5. The van der Waals surface area contributed by atoms with Gasteiger partial charge in [-0.25, -0.2) is 0 Å². The Kier molecular flexibility index (Phi) is 5.92. The van der Waals surface area contributed by atoms with Crippen molar-refractivity contribution in [2.75, 3.05) is 36.5 Å². The van der Waals surface area contributed by atoms with Crippen LogP contribution in [0.3, 0.4) is 0 Å². The lowest BCUT2D eigenvalue weighted by Crippen LogP contribution is -2.36. The largest absolute Gasteiger partial charge is 0.378 e. The number of benzene rings is 1. The number of rotatable bonds is 5. The summed E-state index contributed by atoms with van der Waals surface area (Å²) in [6.07, 6.45) is 4.88. The molecule has 0 radical (unpaired) electrons. The Morgan fingerprint density at radius 2 is 1.74 bits per heavy atom. The Balaban J connectivity index is 1.46. The molecule has 1 aliphatic rings. The number of carbonyl (C=O) groups excluding carboxylic acids is 1. The molecule has 0 unspecified atom stereocenters. The summed E-state index contributed by atoms with van der Waals surface area (Å²) in [6.45, 7) is 3.42. The van der Waals surface area contributed by atoms with E-state index in [1.807, 2.05) is 24.3 Å². The standard InChI is InChI=1S/C25H23N5O4/c31-22-6-5-21-23(28-22)24(32)20(16-30(21)15-17-7-9-26-10-8-17)25(33)27-18-1-3-19(4-2-18)29-11-13-34-14-12-29/h1-10,16H,11-15H2,(H,27,33)(H,28,31). The van der Waals surface area contributed by atoms with Crippen LogP contribution in [0.25, 0.3) is 11.0 Å². The number of carbonyl (C=O) groups is 1. The molecule has 172 valence electrons. The smallest absolute Gasteiger partial charge is 0.261 e. The number of morpholine rings is 1. The number of amides is 1. The molecule has 1 aliphatic heterocycles. The monoisotopic (exact) mass is 457 g/mol. The van der Waals surface area contributed by atoms with Crippen LogP contribution >= 0.6 is 0 Å². The van der Waals surface area contributed by atoms with E-state index >= 15 is 0 Å². The predicted octanol–water partition coefficient (Wildman–Crippen LogP) is 2.22. The van der Waals surface area contributed by atoms with Crippen molar-refractivity contribution in [1.29, 1.82) is 0 Å². The Morgan fingerprint density at radius 3 is 2.47 bits per heavy atom. The van der Waals surface area contributed by atoms with E-state index in [0.29, 0.717) is 31.0 Å². The zero-order valence-corrected chi connectivity index (χ0v) is 18.4. The number of pyridine rings is 3. The van der Waals surface area contributed by atoms with Crippen LogP contribution in [0.2, 0.25) is 0 Å². The first-order valence-corrected chi connectivity index (χ1v) is 11.0. The van der Waals surface area contributed by atoms with Gasteiger partial charge in [-0.15, -0.1) is 0 Å². The minimum Gasteiger partial charge on any atom is -0.378 e. The van der Waals surface area contributed by atoms with Gasteiger partial charge < -0.3 is 24.5 Å². The van der Waals surface area contributed by atoms with E-state index in [1.165, 1.54) is 12.3 Å². The van der Waals surface area contributed by atoms with E-state index in [4.69, 9.17) is 4.74 Å². The summed E-state index contributed by atoms with van der Waals surface area (Å²) in [5.74, 6) is -0.542. The van der Waals surface area contributed by atoms with Gasteiger partial charge in [-0.05, 0) is 48.0 Å². The van der Waals surface area contributed by atoms with E-state index in [1.54, 1.807) is 35.2 Å². The molecule has 9 nitrogen and oxygen atoms in total. The highest BCUT2D eigenvalue weighted by Crippen LogP contribution is 2.20. The molecule has 3 aromatic heterocycles. The van der Waals surface area contributed by atoms with Gasteiger partial charge in [0.05, 0.1) is 18.7 Å². The van der Waals surface area contributed by atoms with Crippen molar-refractivity contribution in [3.8, 4) is 0 Å². The molecule has 0 saturated carbocycles. The second kappa shape index (κ2) is 9.32. The SMILES string of the molecule is O=C(Nc1ccc(N2CCOCC2)cc1)c1cn(Cc2ccncc2)c2ccc(=O)[nH]c2c1=O. The lowest BCUT2D eigenvalue weighted by molar-refractivity contribution is 0.102. The van der Waals surface area contributed by atoms with Crippen LogP contribution in [0.5, 0.6) is 0 Å². The first-order chi connectivity index (χ1) is 16.6. The number of aromatic amines is 1. The van der Waals surface area contributed by atoms with Crippen LogP contribution in [0.1, 0.15) is 15.9 Å². The van der Waals surface area contributed by atoms with Gasteiger partial charge in [0.2, 0.25) is 11.0 Å². The van der Waals surface area contributed by atoms with Crippen LogP contribution in [0.4, 0.5) is 11.4 Å². The van der Waals surface area contributed by atoms with Gasteiger partial charge in [0.25, 0.3) is 5.91 Å². The summed E-state index contributed by atoms with van der Waals surface area (Å²) in [4.78, 5) is 47.0. The number of anilines is 2. The lowest BCUT2D eigenvalue weighted by Gasteiger charge is -2.28. The van der Waals surface area contributed by atoms with Gasteiger partial charge in [-0.3, -0.25) is 19.4 Å². The van der Waals surface area contributed by atoms with Crippen molar-refractivity contribution in [2.24, 2.45) is 0 Å². The molecule has 1 fully saturated rings. The molecule has 4 heterocycles. The highest BCUT2D eigenvalue weighted by Gasteiger charge is 2.17. The summed E-state index contributed by atoms with van der Waals surface area (Å²) < 4.78 is 7.16. The average molecular weight is 457 g/mol. The first kappa shape index (κ1) is 21.6. The van der Waals surface area contributed by atoms with Gasteiger partial charge in [-0.1, -0.05) is 0 Å². The van der Waals surface area contributed by atoms with E-state index < -0.39 is 16.9 Å². The number of H-pyrrole nitrogens is 1. The van der Waals surface area contributed by atoms with E-state index in [2.05, 4.69) is 20.2 Å². The predicted molar refractivity (Wildman–Crippen MR) is 130 cm³/mol. The summed E-state index contributed by atoms with van der Waals surface area (Å²) in [6, 6.07) is 14.1. The topological polar surface area (TPSA) is 109 Å². The number of hydrogen-bond donors (Lipinski definition) is 2. The fourth-order valence-corrected chi connectivity index (χ4v) is 4.05. The molecular weight excluding hydrogens is 434 g/mol. The highest BCUT2D eigenvalue weighted by molar-refractivity contribution is 6.05. The number of ether oxygens (including phenoxy) is 1. The maximum Gasteiger partial charge on any atom is 0.261 e. The Morgan fingerprint density at radius 1 is 1.00 bits per heavy atom. The molecule has 0 aliphatic carbocycles. The van der Waals surface area contributed by atoms with Crippen LogP contribution in [0.15, 0.2) is 76.7 Å². The van der Waals surface area contributed by atoms with Crippen molar-refractivity contribution in [1.82, 2.24) is 14.5 Å². The fraction of sp³-hybridized carbons (Fsp3) is 0.200. The lowest BCUT2D eigenvalue weighted by atomic mass is 10.1. The molecule has 1 amide bonds. The van der Waals surface area contributed by atoms with E-state index in [0.717, 1.165) is 24.3 Å². The van der Waals surface area contributed by atoms with Crippen LogP contribution in [-0.4, -0.2) is 46.7 Å². The number of nitrogens with zero attached hydrogens (tertiary/aromatic N) is 3. The minimum absolute atomic E-state index is 0.0549. The molecule has 5 rings (SSSR count). The zero-order chi connectivity index (χ0) is 23.5. The summed E-state index contributed by atoms with van der Waals surface area (Å²) in [5.41, 5.74) is 2.20. The third-order valence-electron chi connectivity index (χ3n) is 5.81. The Bertz CT molecular complexity index is 1440. The third kappa shape index (κ3) is 4.46. The van der Waals surface area contributed by atoms with Crippen LogP contribution < -0.4 is 21.2 Å². The molecule has 34 heavy (non-hydrogen) atoms. The quantitative estimate of drug-likeness (QED) is 0.476. The second-order valence-electron chi connectivity index (χ2n) is 8.04. The van der Waals surface area contributed by atoms with E-state index in [9.17, 15) is 14.4 Å². The van der Waals surface area contributed by atoms with Crippen molar-refractivity contribution < 1.29 is 9.53 Å². The van der Waals surface area contributed by atoms with Crippen LogP contribution in [0, 0.1) is 0 Å². The van der Waals surface area contributed by atoms with Crippen molar-refractivity contribution in [2.45, 2.75) is 6.54 Å². The van der Waals surface area contributed by atoms with Gasteiger partial charge in [-0.2, -0.15) is 0 Å². The Hall–Kier alpha value is -4.24. The molecule has 1 aromatic carbocycles. The molecule has 0 atom stereocenters. The van der Waals surface area contributed by atoms with Crippen LogP contribution in [-0.2, 0) is 11.3 Å². The maximum atomic E-state index is 13.1. The molecule has 4 aromatic rings. The van der Waals surface area contributed by atoms with Gasteiger partial charge in [0.15, 0.2) is 0 Å². The molecular formula is C25H23N5O4. The average Bonchev–Trinajstić information content (AvgIpc) is 2.87. The number of nitrogens with one attached hydrogen (secondary N) is 2. The zero-order valence-electron chi connectivity index (χ0n) is 18.4. The number of hydrogen-bond acceptors (Lipinski definition) is 6. The normalized spacial score (nSPS) is 13.7. The van der Waals surface area contributed by atoms with Gasteiger partial charge >= 0.3 is 0 Å². The fourth-order valence-electron chi connectivity index (χ4n) is 4.05. The molecule has 1 saturated heterocycles. The number of aromatic nitrogens is 3. The third-order valence-corrected chi connectivity index (χ3v) is 5.81. The maximum absolute atomic E-state index is 13.1. The Labute approximate surface area is 194 Å². The minimum atomic E-state index is -0.542.